The Bertz CT molecular complexity index is 703. The number of rotatable bonds is 14. The van der Waals surface area contributed by atoms with E-state index in [0.29, 0.717) is 43.3 Å². The predicted molar refractivity (Wildman–Crippen MR) is 128 cm³/mol. The van der Waals surface area contributed by atoms with Crippen LogP contribution < -0.4 is 10.1 Å². The summed E-state index contributed by atoms with van der Waals surface area (Å²) in [5.41, 5.74) is 1.51. The number of halogens is 1. The first-order valence-corrected chi connectivity index (χ1v) is 10.9. The van der Waals surface area contributed by atoms with E-state index in [1.807, 2.05) is 30.9 Å². The van der Waals surface area contributed by atoms with Crippen molar-refractivity contribution in [2.24, 2.45) is 5.92 Å². The minimum absolute atomic E-state index is 0. The minimum Gasteiger partial charge on any atom is -0.496 e. The van der Waals surface area contributed by atoms with Crippen LogP contribution >= 0.6 is 12.4 Å². The maximum atomic E-state index is 12.1. The average Bonchev–Trinajstić information content (AvgIpc) is 2.72. The number of nitrogens with zero attached hydrogens (tertiary/aromatic N) is 1. The third-order valence-corrected chi connectivity index (χ3v) is 5.04. The van der Waals surface area contributed by atoms with E-state index in [4.69, 9.17) is 4.74 Å². The number of allylic oxidation sites excluding steroid dienone is 2. The predicted octanol–water partition coefficient (Wildman–Crippen LogP) is 4.97. The number of hydrogen-bond donors (Lipinski definition) is 2. The van der Waals surface area contributed by atoms with Gasteiger partial charge in [-0.3, -0.25) is 14.5 Å². The molecule has 0 saturated heterocycles. The molecule has 1 unspecified atom stereocenters. The lowest BCUT2D eigenvalue weighted by molar-refractivity contribution is -0.143. The summed E-state index contributed by atoms with van der Waals surface area (Å²) in [5.74, 6) is 0.214. The van der Waals surface area contributed by atoms with Crippen molar-refractivity contribution in [1.29, 1.82) is 0 Å². The quantitative estimate of drug-likeness (QED) is 0.306. The molecule has 0 heterocycles. The van der Waals surface area contributed by atoms with E-state index in [1.54, 1.807) is 6.07 Å². The Morgan fingerprint density at radius 1 is 1.19 bits per heavy atom. The van der Waals surface area contributed by atoms with Crippen molar-refractivity contribution in [1.82, 2.24) is 10.2 Å². The van der Waals surface area contributed by atoms with Crippen LogP contribution in [0, 0.1) is 5.92 Å². The average molecular weight is 455 g/mol. The maximum absolute atomic E-state index is 12.1. The lowest BCUT2D eigenvalue weighted by Crippen LogP contribution is -2.34. The van der Waals surface area contributed by atoms with Crippen LogP contribution in [0.2, 0.25) is 0 Å². The van der Waals surface area contributed by atoms with Crippen LogP contribution in [0.3, 0.4) is 0 Å². The molecule has 1 rings (SSSR count). The smallest absolute Gasteiger partial charge is 0.325 e. The van der Waals surface area contributed by atoms with Crippen molar-refractivity contribution in [3.8, 4) is 5.75 Å². The number of likely N-dealkylation sites (N-methyl/N-ethyl adjacent to an activating group) is 1. The third kappa shape index (κ3) is 10.2. The number of carboxylic acids is 1. The van der Waals surface area contributed by atoms with Crippen LogP contribution in [-0.2, 0) is 16.1 Å². The molecule has 2 N–H and O–H groups in total. The van der Waals surface area contributed by atoms with Gasteiger partial charge in [0.15, 0.2) is 0 Å². The first kappa shape index (κ1) is 28.9. The van der Waals surface area contributed by atoms with Crippen LogP contribution in [0.15, 0.2) is 30.4 Å². The highest BCUT2D eigenvalue weighted by atomic mass is 35.5. The number of carboxylic acid groups (broad SMARTS) is 1. The number of carbonyl (C=O) groups excluding carboxylic acids is 1. The van der Waals surface area contributed by atoms with Crippen LogP contribution in [0.25, 0.3) is 0 Å². The molecule has 0 aliphatic rings. The van der Waals surface area contributed by atoms with Gasteiger partial charge in [-0.15, -0.1) is 12.4 Å². The fourth-order valence-electron chi connectivity index (χ4n) is 3.37. The summed E-state index contributed by atoms with van der Waals surface area (Å²) in [5, 5.41) is 12.7. The molecule has 176 valence electrons. The molecule has 0 aromatic heterocycles. The zero-order valence-electron chi connectivity index (χ0n) is 19.5. The minimum atomic E-state index is -0.902. The van der Waals surface area contributed by atoms with Crippen molar-refractivity contribution < 1.29 is 19.4 Å². The molecule has 0 bridgehead atoms. The number of unbranched alkanes of at least 4 members (excludes halogenated alkanes) is 2. The zero-order valence-corrected chi connectivity index (χ0v) is 20.3. The summed E-state index contributed by atoms with van der Waals surface area (Å²) in [7, 11) is 1.54. The van der Waals surface area contributed by atoms with Gasteiger partial charge in [-0.1, -0.05) is 52.0 Å². The van der Waals surface area contributed by atoms with Gasteiger partial charge in [0.25, 0.3) is 0 Å². The summed E-state index contributed by atoms with van der Waals surface area (Å²) < 4.78 is 5.47. The maximum Gasteiger partial charge on any atom is 0.325 e. The first-order chi connectivity index (χ1) is 14.3. The Labute approximate surface area is 193 Å². The van der Waals surface area contributed by atoms with E-state index in [9.17, 15) is 14.7 Å². The van der Waals surface area contributed by atoms with Crippen molar-refractivity contribution in [3.63, 3.8) is 0 Å². The van der Waals surface area contributed by atoms with Crippen LogP contribution in [0.5, 0.6) is 5.75 Å². The Balaban J connectivity index is 0.00000900. The molecule has 0 spiro atoms. The summed E-state index contributed by atoms with van der Waals surface area (Å²) in [6, 6.07) is 4.70. The lowest BCUT2D eigenvalue weighted by Gasteiger charge is -2.27. The van der Waals surface area contributed by atoms with Gasteiger partial charge in [-0.25, -0.2) is 0 Å². The first-order valence-electron chi connectivity index (χ1n) is 10.9. The summed E-state index contributed by atoms with van der Waals surface area (Å²) in [6.45, 7) is 9.83. The van der Waals surface area contributed by atoms with Crippen LogP contribution in [-0.4, -0.2) is 42.1 Å². The number of carbonyl (C=O) groups is 2. The van der Waals surface area contributed by atoms with Gasteiger partial charge >= 0.3 is 5.97 Å². The zero-order chi connectivity index (χ0) is 22.5. The number of hydrogen-bond acceptors (Lipinski definition) is 4. The number of aliphatic carboxylic acids is 1. The van der Waals surface area contributed by atoms with Gasteiger partial charge in [-0.2, -0.15) is 0 Å². The second-order valence-corrected chi connectivity index (χ2v) is 7.73. The van der Waals surface area contributed by atoms with Gasteiger partial charge in [0.1, 0.15) is 11.8 Å². The summed E-state index contributed by atoms with van der Waals surface area (Å²) >= 11 is 0. The molecule has 1 aromatic rings. The molecular weight excluding hydrogens is 416 g/mol. The Morgan fingerprint density at radius 3 is 2.42 bits per heavy atom. The fraction of sp³-hybridized carbons (Fsp3) is 0.583. The molecule has 0 radical (unpaired) electrons. The number of nitrogens with one attached hydrogen (secondary N) is 1. The highest BCUT2D eigenvalue weighted by molar-refractivity contribution is 5.85. The molecule has 31 heavy (non-hydrogen) atoms. The van der Waals surface area contributed by atoms with E-state index in [2.05, 4.69) is 31.3 Å². The summed E-state index contributed by atoms with van der Waals surface area (Å²) in [6.07, 6.45) is 7.74. The second kappa shape index (κ2) is 15.7. The van der Waals surface area contributed by atoms with E-state index in [0.717, 1.165) is 24.8 Å². The van der Waals surface area contributed by atoms with Gasteiger partial charge < -0.3 is 15.2 Å². The molecule has 0 aliphatic heterocycles. The van der Waals surface area contributed by atoms with Crippen molar-refractivity contribution in [2.75, 3.05) is 20.2 Å². The SMILES string of the molecule is CCN(CC)C(C(=O)O)c1ccc(CNC(=O)CCCC/C=C/C(C)C)cc1OC.Cl. The number of methoxy groups -OCH3 is 1. The van der Waals surface area contributed by atoms with Gasteiger partial charge in [0, 0.05) is 18.5 Å². The monoisotopic (exact) mass is 454 g/mol. The van der Waals surface area contributed by atoms with Crippen molar-refractivity contribution in [2.45, 2.75) is 66.0 Å². The molecular formula is C24H39ClN2O4. The van der Waals surface area contributed by atoms with Gasteiger partial charge in [-0.05, 0) is 49.9 Å². The number of ether oxygens (including phenoxy) is 1. The Morgan fingerprint density at radius 2 is 1.87 bits per heavy atom. The largest absolute Gasteiger partial charge is 0.496 e. The molecule has 0 aliphatic carbocycles. The van der Waals surface area contributed by atoms with E-state index in [1.165, 1.54) is 7.11 Å². The van der Waals surface area contributed by atoms with Gasteiger partial charge in [0.2, 0.25) is 5.91 Å². The Hall–Kier alpha value is -2.05. The molecule has 1 aromatic carbocycles. The molecule has 1 atom stereocenters. The lowest BCUT2D eigenvalue weighted by atomic mass is 10.0. The van der Waals surface area contributed by atoms with Crippen LogP contribution in [0.1, 0.15) is 70.5 Å². The fourth-order valence-corrected chi connectivity index (χ4v) is 3.37. The van der Waals surface area contributed by atoms with E-state index < -0.39 is 12.0 Å². The third-order valence-electron chi connectivity index (χ3n) is 5.04. The van der Waals surface area contributed by atoms with Crippen molar-refractivity contribution >= 4 is 24.3 Å². The standard InChI is InChI=1S/C24H38N2O4.ClH/c1-6-26(7-2)23(24(28)29)20-15-14-19(16-21(20)30-5)17-25-22(27)13-11-9-8-10-12-18(3)4;/h10,12,14-16,18,23H,6-9,11,13,17H2,1-5H3,(H,25,27)(H,28,29);1H/b12-10+;. The Kier molecular flexibility index (Phi) is 14.7. The number of benzene rings is 1. The molecule has 6 nitrogen and oxygen atoms in total. The summed E-state index contributed by atoms with van der Waals surface area (Å²) in [4.78, 5) is 25.8. The number of amides is 1. The molecule has 0 fully saturated rings. The van der Waals surface area contributed by atoms with Crippen molar-refractivity contribution in [3.05, 3.63) is 41.5 Å². The molecule has 0 saturated carbocycles. The van der Waals surface area contributed by atoms with Crippen LogP contribution in [0.4, 0.5) is 0 Å². The van der Waals surface area contributed by atoms with E-state index >= 15 is 0 Å². The van der Waals surface area contributed by atoms with Gasteiger partial charge in [0.05, 0.1) is 7.11 Å². The molecule has 1 amide bonds. The molecule has 7 heteroatoms. The normalized spacial score (nSPS) is 12.1. The second-order valence-electron chi connectivity index (χ2n) is 7.73. The van der Waals surface area contributed by atoms with E-state index in [-0.39, 0.29) is 18.3 Å². The topological polar surface area (TPSA) is 78.9 Å². The highest BCUT2D eigenvalue weighted by Gasteiger charge is 2.28. The highest BCUT2D eigenvalue weighted by Crippen LogP contribution is 2.30.